The predicted molar refractivity (Wildman–Crippen MR) is 78.1 cm³/mol. The summed E-state index contributed by atoms with van der Waals surface area (Å²) >= 11 is 2.17. The minimum Gasteiger partial charge on any atom is -0.496 e. The summed E-state index contributed by atoms with van der Waals surface area (Å²) in [5, 5.41) is 9.67. The zero-order chi connectivity index (χ0) is 13.7. The average molecular weight is 366 g/mol. The van der Waals surface area contributed by atoms with E-state index >= 15 is 0 Å². The van der Waals surface area contributed by atoms with E-state index in [4.69, 9.17) is 14.2 Å². The van der Waals surface area contributed by atoms with Gasteiger partial charge in [0.1, 0.15) is 11.5 Å². The maximum absolute atomic E-state index is 9.67. The van der Waals surface area contributed by atoms with E-state index in [9.17, 15) is 5.11 Å². The molecule has 0 saturated carbocycles. The summed E-state index contributed by atoms with van der Waals surface area (Å²) in [6.07, 6.45) is -0.891. The Hall–Kier alpha value is -0.530. The zero-order valence-electron chi connectivity index (χ0n) is 11.1. The van der Waals surface area contributed by atoms with Crippen LogP contribution in [0.2, 0.25) is 0 Å². The second kappa shape index (κ2) is 7.16. The molecule has 0 spiro atoms. The third-order valence-electron chi connectivity index (χ3n) is 2.43. The monoisotopic (exact) mass is 366 g/mol. The van der Waals surface area contributed by atoms with E-state index < -0.39 is 6.10 Å². The van der Waals surface area contributed by atoms with Crippen molar-refractivity contribution in [2.24, 2.45) is 0 Å². The van der Waals surface area contributed by atoms with Gasteiger partial charge in [0.2, 0.25) is 0 Å². The quantitative estimate of drug-likeness (QED) is 0.621. The van der Waals surface area contributed by atoms with Gasteiger partial charge in [-0.1, -0.05) is 0 Å². The lowest BCUT2D eigenvalue weighted by Gasteiger charge is -2.18. The average Bonchev–Trinajstić information content (AvgIpc) is 2.31. The Labute approximate surface area is 121 Å². The summed E-state index contributed by atoms with van der Waals surface area (Å²) in [7, 11) is 1.57. The highest BCUT2D eigenvalue weighted by atomic mass is 127. The fourth-order valence-corrected chi connectivity index (χ4v) is 2.21. The molecule has 4 nitrogen and oxygen atoms in total. The maximum atomic E-state index is 9.67. The Morgan fingerprint density at radius 2 is 1.94 bits per heavy atom. The van der Waals surface area contributed by atoms with E-state index in [0.717, 1.165) is 9.13 Å². The van der Waals surface area contributed by atoms with Crippen molar-refractivity contribution < 1.29 is 19.3 Å². The summed E-state index contributed by atoms with van der Waals surface area (Å²) in [6.45, 7) is 6.06. The van der Waals surface area contributed by atoms with E-state index in [1.54, 1.807) is 20.1 Å². The van der Waals surface area contributed by atoms with Crippen molar-refractivity contribution in [1.29, 1.82) is 0 Å². The van der Waals surface area contributed by atoms with Crippen molar-refractivity contribution in [1.82, 2.24) is 0 Å². The molecule has 0 amide bonds. The van der Waals surface area contributed by atoms with Crippen LogP contribution < -0.4 is 9.47 Å². The molecule has 2 atom stereocenters. The molecule has 0 aliphatic carbocycles. The molecule has 18 heavy (non-hydrogen) atoms. The molecule has 0 fully saturated rings. The topological polar surface area (TPSA) is 47.9 Å². The normalized spacial score (nSPS) is 14.1. The number of ether oxygens (including phenoxy) is 3. The molecule has 0 bridgehead atoms. The minimum atomic E-state index is -0.577. The summed E-state index contributed by atoms with van der Waals surface area (Å²) in [6, 6.07) is 3.64. The van der Waals surface area contributed by atoms with Gasteiger partial charge in [-0.25, -0.2) is 0 Å². The lowest BCUT2D eigenvalue weighted by Crippen LogP contribution is -2.16. The van der Waals surface area contributed by atoms with Crippen molar-refractivity contribution in [2.45, 2.75) is 33.2 Å². The van der Waals surface area contributed by atoms with Crippen molar-refractivity contribution >= 4 is 22.6 Å². The van der Waals surface area contributed by atoms with E-state index in [1.807, 2.05) is 19.9 Å². The number of hydrogen-bond acceptors (Lipinski definition) is 4. The van der Waals surface area contributed by atoms with Crippen molar-refractivity contribution in [3.63, 3.8) is 0 Å². The Kier molecular flexibility index (Phi) is 6.17. The van der Waals surface area contributed by atoms with Crippen LogP contribution in [0.25, 0.3) is 0 Å². The van der Waals surface area contributed by atoms with Crippen LogP contribution in [0.15, 0.2) is 12.1 Å². The van der Waals surface area contributed by atoms with Gasteiger partial charge in [0, 0.05) is 18.2 Å². The summed E-state index contributed by atoms with van der Waals surface area (Å²) in [5.74, 6) is 1.31. The first-order valence-corrected chi connectivity index (χ1v) is 6.91. The number of rotatable bonds is 6. The van der Waals surface area contributed by atoms with Crippen molar-refractivity contribution in [2.75, 3.05) is 13.7 Å². The molecule has 1 rings (SSSR count). The SMILES string of the molecule is CCOC(C)Oc1cc(OC)c(C(C)O)cc1I. The van der Waals surface area contributed by atoms with E-state index in [2.05, 4.69) is 22.6 Å². The fraction of sp³-hybridized carbons (Fsp3) is 0.538. The molecule has 1 N–H and O–H groups in total. The molecule has 0 radical (unpaired) electrons. The van der Waals surface area contributed by atoms with E-state index in [1.165, 1.54) is 0 Å². The molecule has 0 aliphatic heterocycles. The van der Waals surface area contributed by atoms with Gasteiger partial charge in [-0.3, -0.25) is 0 Å². The van der Waals surface area contributed by atoms with Crippen LogP contribution in [-0.2, 0) is 4.74 Å². The smallest absolute Gasteiger partial charge is 0.197 e. The van der Waals surface area contributed by atoms with Crippen LogP contribution in [0.3, 0.4) is 0 Å². The maximum Gasteiger partial charge on any atom is 0.197 e. The molecular formula is C13H19IO4. The second-order valence-corrected chi connectivity index (χ2v) is 5.00. The van der Waals surface area contributed by atoms with E-state index in [-0.39, 0.29) is 6.29 Å². The largest absolute Gasteiger partial charge is 0.496 e. The van der Waals surface area contributed by atoms with Crippen LogP contribution in [0.1, 0.15) is 32.4 Å². The molecule has 102 valence electrons. The molecule has 0 aromatic heterocycles. The van der Waals surface area contributed by atoms with Crippen molar-refractivity contribution in [3.05, 3.63) is 21.3 Å². The molecule has 0 aliphatic rings. The number of hydrogen-bond donors (Lipinski definition) is 1. The van der Waals surface area contributed by atoms with Gasteiger partial charge in [0.15, 0.2) is 6.29 Å². The molecule has 1 aromatic rings. The van der Waals surface area contributed by atoms with Crippen molar-refractivity contribution in [3.8, 4) is 11.5 Å². The van der Waals surface area contributed by atoms with Gasteiger partial charge in [-0.2, -0.15) is 0 Å². The molecule has 0 saturated heterocycles. The van der Waals surface area contributed by atoms with Gasteiger partial charge in [-0.15, -0.1) is 0 Å². The second-order valence-electron chi connectivity index (χ2n) is 3.84. The lowest BCUT2D eigenvalue weighted by atomic mass is 10.1. The van der Waals surface area contributed by atoms with Crippen LogP contribution in [0, 0.1) is 3.57 Å². The standard InChI is InChI=1S/C13H19IO4/c1-5-17-9(3)18-13-7-12(16-4)10(8(2)15)6-11(13)14/h6-9,15H,5H2,1-4H3. The first-order chi connectivity index (χ1) is 8.49. The molecule has 0 heterocycles. The van der Waals surface area contributed by atoms with Gasteiger partial charge < -0.3 is 19.3 Å². The van der Waals surface area contributed by atoms with Gasteiger partial charge in [0.05, 0.1) is 16.8 Å². The number of aliphatic hydroxyl groups is 1. The predicted octanol–water partition coefficient (Wildman–Crippen LogP) is 3.11. The first kappa shape index (κ1) is 15.5. The Morgan fingerprint density at radius 3 is 2.44 bits per heavy atom. The summed E-state index contributed by atoms with van der Waals surface area (Å²) in [5.41, 5.74) is 0.748. The highest BCUT2D eigenvalue weighted by Crippen LogP contribution is 2.34. The molecule has 2 unspecified atom stereocenters. The Bertz CT molecular complexity index is 393. The highest BCUT2D eigenvalue weighted by molar-refractivity contribution is 14.1. The Morgan fingerprint density at radius 1 is 1.28 bits per heavy atom. The van der Waals surface area contributed by atoms with E-state index in [0.29, 0.717) is 18.1 Å². The van der Waals surface area contributed by atoms with Crippen LogP contribution in [-0.4, -0.2) is 25.1 Å². The molecular weight excluding hydrogens is 347 g/mol. The number of halogens is 1. The summed E-state index contributed by atoms with van der Waals surface area (Å²) in [4.78, 5) is 0. The van der Waals surface area contributed by atoms with Crippen LogP contribution in [0.4, 0.5) is 0 Å². The van der Waals surface area contributed by atoms with Crippen LogP contribution >= 0.6 is 22.6 Å². The van der Waals surface area contributed by atoms with Gasteiger partial charge >= 0.3 is 0 Å². The number of methoxy groups -OCH3 is 1. The number of aliphatic hydroxyl groups excluding tert-OH is 1. The zero-order valence-corrected chi connectivity index (χ0v) is 13.2. The molecule has 5 heteroatoms. The highest BCUT2D eigenvalue weighted by Gasteiger charge is 2.15. The molecule has 1 aromatic carbocycles. The third-order valence-corrected chi connectivity index (χ3v) is 3.27. The fourth-order valence-electron chi connectivity index (χ4n) is 1.59. The Balaban J connectivity index is 3.00. The van der Waals surface area contributed by atoms with Gasteiger partial charge in [0.25, 0.3) is 0 Å². The first-order valence-electron chi connectivity index (χ1n) is 5.83. The lowest BCUT2D eigenvalue weighted by molar-refractivity contribution is -0.0618. The minimum absolute atomic E-state index is 0.314. The third kappa shape index (κ3) is 4.00. The summed E-state index contributed by atoms with van der Waals surface area (Å²) < 4.78 is 17.2. The van der Waals surface area contributed by atoms with Gasteiger partial charge in [-0.05, 0) is 49.4 Å². The van der Waals surface area contributed by atoms with Crippen LogP contribution in [0.5, 0.6) is 11.5 Å². The number of benzene rings is 1.